The lowest BCUT2D eigenvalue weighted by Gasteiger charge is -2.33. The van der Waals surface area contributed by atoms with Crippen LogP contribution in [0.15, 0.2) is 60.7 Å². The smallest absolute Gasteiger partial charge is 0.410 e. The zero-order valence-corrected chi connectivity index (χ0v) is 14.9. The Kier molecular flexibility index (Phi) is 4.67. The standard InChI is InChI=1S/C22H21NO4/c24-21(25)17-8-4-7-16(11-17)18-12-19-9-10-20(13-18)23(19)22(26)27-14-15-5-2-1-3-6-15/h1-8,11-12,19-20H,9-10,13-14H2,(H,24,25). The molecule has 1 fully saturated rings. The largest absolute Gasteiger partial charge is 0.478 e. The summed E-state index contributed by atoms with van der Waals surface area (Å²) in [6, 6.07) is 16.8. The van der Waals surface area contributed by atoms with Crippen LogP contribution < -0.4 is 0 Å². The van der Waals surface area contributed by atoms with E-state index in [0.717, 1.165) is 36.0 Å². The predicted molar refractivity (Wildman–Crippen MR) is 101 cm³/mol. The van der Waals surface area contributed by atoms with Crippen molar-refractivity contribution in [2.45, 2.75) is 38.0 Å². The van der Waals surface area contributed by atoms with Crippen LogP contribution in [0.1, 0.15) is 40.7 Å². The number of ether oxygens (including phenoxy) is 1. The average molecular weight is 363 g/mol. The van der Waals surface area contributed by atoms with Crippen molar-refractivity contribution >= 4 is 17.6 Å². The third-order valence-corrected chi connectivity index (χ3v) is 5.29. The van der Waals surface area contributed by atoms with Crippen LogP contribution in [0.25, 0.3) is 5.57 Å². The third-order valence-electron chi connectivity index (χ3n) is 5.29. The Balaban J connectivity index is 1.48. The molecule has 2 aromatic carbocycles. The highest BCUT2D eigenvalue weighted by molar-refractivity contribution is 5.89. The molecule has 0 radical (unpaired) electrons. The first-order chi connectivity index (χ1) is 13.1. The van der Waals surface area contributed by atoms with Crippen molar-refractivity contribution in [3.8, 4) is 0 Å². The Hall–Kier alpha value is -3.08. The SMILES string of the molecule is O=C(O)c1cccc(C2=CC3CCC(C2)N3C(=O)OCc2ccccc2)c1. The molecule has 138 valence electrons. The van der Waals surface area contributed by atoms with Crippen LogP contribution in [0.3, 0.4) is 0 Å². The van der Waals surface area contributed by atoms with E-state index in [9.17, 15) is 14.7 Å². The van der Waals surface area contributed by atoms with Crippen LogP contribution >= 0.6 is 0 Å². The highest BCUT2D eigenvalue weighted by Gasteiger charge is 2.40. The number of carbonyl (C=O) groups is 2. The molecular weight excluding hydrogens is 342 g/mol. The molecule has 0 aromatic heterocycles. The molecule has 2 aromatic rings. The van der Waals surface area contributed by atoms with Crippen molar-refractivity contribution in [2.24, 2.45) is 0 Å². The van der Waals surface area contributed by atoms with E-state index < -0.39 is 5.97 Å². The van der Waals surface area contributed by atoms with Crippen LogP contribution in [0.5, 0.6) is 0 Å². The number of carboxylic acid groups (broad SMARTS) is 1. The number of carbonyl (C=O) groups excluding carboxylic acids is 1. The minimum atomic E-state index is -0.928. The van der Waals surface area contributed by atoms with Gasteiger partial charge in [-0.15, -0.1) is 0 Å². The van der Waals surface area contributed by atoms with Crippen LogP contribution in [0.2, 0.25) is 0 Å². The van der Waals surface area contributed by atoms with Crippen molar-refractivity contribution in [3.05, 3.63) is 77.4 Å². The van der Waals surface area contributed by atoms with Gasteiger partial charge in [-0.05, 0) is 48.1 Å². The van der Waals surface area contributed by atoms with E-state index in [0.29, 0.717) is 0 Å². The molecular formula is C22H21NO4. The molecule has 0 aliphatic carbocycles. The van der Waals surface area contributed by atoms with Gasteiger partial charge in [-0.1, -0.05) is 48.5 Å². The van der Waals surface area contributed by atoms with Gasteiger partial charge in [0.15, 0.2) is 0 Å². The number of aromatic carboxylic acids is 1. The highest BCUT2D eigenvalue weighted by atomic mass is 16.6. The molecule has 5 heteroatoms. The van der Waals surface area contributed by atoms with Gasteiger partial charge in [-0.25, -0.2) is 9.59 Å². The first-order valence-corrected chi connectivity index (χ1v) is 9.15. The zero-order chi connectivity index (χ0) is 18.8. The Labute approximate surface area is 157 Å². The maximum atomic E-state index is 12.6. The molecule has 5 nitrogen and oxygen atoms in total. The molecule has 1 amide bonds. The van der Waals surface area contributed by atoms with E-state index in [1.54, 1.807) is 18.2 Å². The first kappa shape index (κ1) is 17.3. The van der Waals surface area contributed by atoms with Crippen LogP contribution in [-0.4, -0.2) is 34.2 Å². The molecule has 2 aliphatic rings. The third kappa shape index (κ3) is 3.58. The van der Waals surface area contributed by atoms with Gasteiger partial charge >= 0.3 is 12.1 Å². The molecule has 4 rings (SSSR count). The quantitative estimate of drug-likeness (QED) is 0.877. The van der Waals surface area contributed by atoms with Crippen molar-refractivity contribution in [1.82, 2.24) is 4.90 Å². The molecule has 2 bridgehead atoms. The van der Waals surface area contributed by atoms with E-state index in [2.05, 4.69) is 6.08 Å². The van der Waals surface area contributed by atoms with E-state index in [1.165, 1.54) is 0 Å². The summed E-state index contributed by atoms with van der Waals surface area (Å²) in [6.07, 6.45) is 4.38. The summed E-state index contributed by atoms with van der Waals surface area (Å²) in [5, 5.41) is 9.20. The summed E-state index contributed by atoms with van der Waals surface area (Å²) >= 11 is 0. The molecule has 1 saturated heterocycles. The number of carboxylic acids is 1. The fourth-order valence-corrected chi connectivity index (χ4v) is 3.97. The Morgan fingerprint density at radius 2 is 1.89 bits per heavy atom. The van der Waals surface area contributed by atoms with Gasteiger partial charge in [-0.3, -0.25) is 4.90 Å². The lowest BCUT2D eigenvalue weighted by molar-refractivity contribution is 0.0696. The number of hydrogen-bond acceptors (Lipinski definition) is 3. The first-order valence-electron chi connectivity index (χ1n) is 9.15. The summed E-state index contributed by atoms with van der Waals surface area (Å²) in [5.41, 5.74) is 3.28. The van der Waals surface area contributed by atoms with Crippen LogP contribution in [-0.2, 0) is 11.3 Å². The van der Waals surface area contributed by atoms with Gasteiger partial charge in [0.2, 0.25) is 0 Å². The minimum absolute atomic E-state index is 0.00973. The molecule has 1 N–H and O–H groups in total. The number of hydrogen-bond donors (Lipinski definition) is 1. The maximum absolute atomic E-state index is 12.6. The molecule has 0 saturated carbocycles. The molecule has 0 spiro atoms. The Morgan fingerprint density at radius 1 is 1.07 bits per heavy atom. The number of amides is 1. The second-order valence-electron chi connectivity index (χ2n) is 7.03. The van der Waals surface area contributed by atoms with Gasteiger partial charge in [0, 0.05) is 6.04 Å². The number of rotatable bonds is 4. The van der Waals surface area contributed by atoms with Crippen LogP contribution in [0, 0.1) is 0 Å². The second kappa shape index (κ2) is 7.27. The van der Waals surface area contributed by atoms with E-state index in [4.69, 9.17) is 4.74 Å². The molecule has 2 unspecified atom stereocenters. The molecule has 2 aliphatic heterocycles. The number of benzene rings is 2. The van der Waals surface area contributed by atoms with Gasteiger partial charge in [0.25, 0.3) is 0 Å². The van der Waals surface area contributed by atoms with Crippen LogP contribution in [0.4, 0.5) is 4.79 Å². The fraction of sp³-hybridized carbons (Fsp3) is 0.273. The Bertz CT molecular complexity index is 890. The summed E-state index contributed by atoms with van der Waals surface area (Å²) in [5.74, 6) is -0.928. The fourth-order valence-electron chi connectivity index (χ4n) is 3.97. The zero-order valence-electron chi connectivity index (χ0n) is 14.9. The Morgan fingerprint density at radius 3 is 2.63 bits per heavy atom. The van der Waals surface area contributed by atoms with Crippen molar-refractivity contribution in [1.29, 1.82) is 0 Å². The van der Waals surface area contributed by atoms with E-state index >= 15 is 0 Å². The summed E-state index contributed by atoms with van der Waals surface area (Å²) in [7, 11) is 0. The molecule has 2 atom stereocenters. The van der Waals surface area contributed by atoms with Gasteiger partial charge in [0.1, 0.15) is 6.61 Å². The van der Waals surface area contributed by atoms with Crippen molar-refractivity contribution in [2.75, 3.05) is 0 Å². The lowest BCUT2D eigenvalue weighted by Crippen LogP contribution is -2.43. The number of fused-ring (bicyclic) bond motifs is 2. The van der Waals surface area contributed by atoms with Gasteiger partial charge in [-0.2, -0.15) is 0 Å². The summed E-state index contributed by atoms with van der Waals surface area (Å²) < 4.78 is 5.52. The van der Waals surface area contributed by atoms with E-state index in [-0.39, 0.29) is 30.3 Å². The normalized spacial score (nSPS) is 20.9. The summed E-state index contributed by atoms with van der Waals surface area (Å²) in [6.45, 7) is 0.271. The topological polar surface area (TPSA) is 66.8 Å². The molecule has 2 heterocycles. The van der Waals surface area contributed by atoms with Crippen molar-refractivity contribution in [3.63, 3.8) is 0 Å². The average Bonchev–Trinajstić information content (AvgIpc) is 2.96. The second-order valence-corrected chi connectivity index (χ2v) is 7.03. The van der Waals surface area contributed by atoms with Crippen molar-refractivity contribution < 1.29 is 19.4 Å². The van der Waals surface area contributed by atoms with Gasteiger partial charge in [0.05, 0.1) is 11.6 Å². The summed E-state index contributed by atoms with van der Waals surface area (Å²) in [4.78, 5) is 25.7. The van der Waals surface area contributed by atoms with E-state index in [1.807, 2.05) is 41.3 Å². The highest BCUT2D eigenvalue weighted by Crippen LogP contribution is 2.39. The lowest BCUT2D eigenvalue weighted by atomic mass is 9.94. The monoisotopic (exact) mass is 363 g/mol. The van der Waals surface area contributed by atoms with Gasteiger partial charge < -0.3 is 9.84 Å². The number of nitrogens with zero attached hydrogens (tertiary/aromatic N) is 1. The maximum Gasteiger partial charge on any atom is 0.410 e. The predicted octanol–water partition coefficient (Wildman–Crippen LogP) is 4.34. The minimum Gasteiger partial charge on any atom is -0.478 e. The molecule has 27 heavy (non-hydrogen) atoms.